The number of hydrogen-bond acceptors (Lipinski definition) is 3. The third-order valence-electron chi connectivity index (χ3n) is 2.42. The number of benzene rings is 1. The lowest BCUT2D eigenvalue weighted by Crippen LogP contribution is -2.04. The van der Waals surface area contributed by atoms with Gasteiger partial charge in [-0.1, -0.05) is 19.8 Å². The van der Waals surface area contributed by atoms with Crippen LogP contribution in [0.15, 0.2) is 24.3 Å². The summed E-state index contributed by atoms with van der Waals surface area (Å²) in [6.45, 7) is 5.33. The molecular weight excluding hydrogens is 214 g/mol. The van der Waals surface area contributed by atoms with E-state index in [-0.39, 0.29) is 5.90 Å². The Bertz CT molecular complexity index is 333. The van der Waals surface area contributed by atoms with Crippen LogP contribution in [0, 0.1) is 5.41 Å². The van der Waals surface area contributed by atoms with Gasteiger partial charge < -0.3 is 9.47 Å². The van der Waals surface area contributed by atoms with Crippen molar-refractivity contribution < 1.29 is 9.47 Å². The fraction of sp³-hybridized carbons (Fsp3) is 0.500. The van der Waals surface area contributed by atoms with Crippen LogP contribution in [0.3, 0.4) is 0 Å². The van der Waals surface area contributed by atoms with Crippen LogP contribution in [0.25, 0.3) is 0 Å². The van der Waals surface area contributed by atoms with E-state index in [1.54, 1.807) is 0 Å². The molecule has 3 nitrogen and oxygen atoms in total. The average Bonchev–Trinajstić information content (AvgIpc) is 2.36. The van der Waals surface area contributed by atoms with Crippen LogP contribution < -0.4 is 4.74 Å². The SMILES string of the molecule is CCCCCOc1ccc(C(=N)OCC)cc1. The van der Waals surface area contributed by atoms with Gasteiger partial charge in [0.1, 0.15) is 5.75 Å². The van der Waals surface area contributed by atoms with Crippen LogP contribution in [0.1, 0.15) is 38.7 Å². The Morgan fingerprint density at radius 3 is 2.41 bits per heavy atom. The Morgan fingerprint density at radius 2 is 1.82 bits per heavy atom. The van der Waals surface area contributed by atoms with Crippen molar-refractivity contribution in [2.24, 2.45) is 0 Å². The summed E-state index contributed by atoms with van der Waals surface area (Å²) in [6, 6.07) is 7.48. The summed E-state index contributed by atoms with van der Waals surface area (Å²) < 4.78 is 10.7. The van der Waals surface area contributed by atoms with E-state index < -0.39 is 0 Å². The standard InChI is InChI=1S/C14H21NO2/c1-3-5-6-11-17-13-9-7-12(8-10-13)14(15)16-4-2/h7-10,15H,3-6,11H2,1-2H3. The maximum atomic E-state index is 7.63. The smallest absolute Gasteiger partial charge is 0.213 e. The first kappa shape index (κ1) is 13.6. The summed E-state index contributed by atoms with van der Waals surface area (Å²) >= 11 is 0. The lowest BCUT2D eigenvalue weighted by atomic mass is 10.2. The Balaban J connectivity index is 2.42. The first-order valence-corrected chi connectivity index (χ1v) is 6.22. The van der Waals surface area contributed by atoms with Crippen LogP contribution in [0.5, 0.6) is 5.75 Å². The zero-order chi connectivity index (χ0) is 12.5. The zero-order valence-corrected chi connectivity index (χ0v) is 10.7. The summed E-state index contributed by atoms with van der Waals surface area (Å²) in [6.07, 6.45) is 3.49. The highest BCUT2D eigenvalue weighted by Gasteiger charge is 2.01. The number of unbranched alkanes of at least 4 members (excludes halogenated alkanes) is 2. The zero-order valence-electron chi connectivity index (χ0n) is 10.7. The Hall–Kier alpha value is -1.51. The minimum atomic E-state index is 0.213. The van der Waals surface area contributed by atoms with Gasteiger partial charge in [-0.05, 0) is 37.6 Å². The van der Waals surface area contributed by atoms with Crippen molar-refractivity contribution in [2.75, 3.05) is 13.2 Å². The van der Waals surface area contributed by atoms with E-state index >= 15 is 0 Å². The minimum Gasteiger partial charge on any atom is -0.494 e. The highest BCUT2D eigenvalue weighted by molar-refractivity contribution is 5.91. The maximum absolute atomic E-state index is 7.63. The van der Waals surface area contributed by atoms with Gasteiger partial charge in [0.15, 0.2) is 0 Å². The third-order valence-corrected chi connectivity index (χ3v) is 2.42. The maximum Gasteiger partial charge on any atom is 0.213 e. The Morgan fingerprint density at radius 1 is 1.12 bits per heavy atom. The number of rotatable bonds is 7. The summed E-state index contributed by atoms with van der Waals surface area (Å²) in [5.74, 6) is 1.07. The molecule has 0 atom stereocenters. The molecule has 1 aromatic carbocycles. The highest BCUT2D eigenvalue weighted by Crippen LogP contribution is 2.13. The molecular formula is C14H21NO2. The highest BCUT2D eigenvalue weighted by atomic mass is 16.5. The summed E-state index contributed by atoms with van der Waals surface area (Å²) in [5, 5.41) is 7.63. The van der Waals surface area contributed by atoms with Crippen molar-refractivity contribution in [3.8, 4) is 5.75 Å². The van der Waals surface area contributed by atoms with Crippen molar-refractivity contribution in [2.45, 2.75) is 33.1 Å². The number of nitrogens with one attached hydrogen (secondary N) is 1. The second-order valence-electron chi connectivity index (χ2n) is 3.84. The Labute approximate surface area is 103 Å². The van der Waals surface area contributed by atoms with Crippen LogP contribution in [-0.4, -0.2) is 19.1 Å². The van der Waals surface area contributed by atoms with Crippen molar-refractivity contribution in [1.29, 1.82) is 5.41 Å². The van der Waals surface area contributed by atoms with Gasteiger partial charge in [0.2, 0.25) is 5.90 Å². The molecule has 0 aromatic heterocycles. The second kappa shape index (κ2) is 7.71. The molecule has 94 valence electrons. The van der Waals surface area contributed by atoms with Crippen LogP contribution in [0.4, 0.5) is 0 Å². The van der Waals surface area contributed by atoms with E-state index in [9.17, 15) is 0 Å². The van der Waals surface area contributed by atoms with Crippen molar-refractivity contribution in [1.82, 2.24) is 0 Å². The van der Waals surface area contributed by atoms with Crippen LogP contribution in [0.2, 0.25) is 0 Å². The van der Waals surface area contributed by atoms with E-state index in [0.717, 1.165) is 24.3 Å². The lowest BCUT2D eigenvalue weighted by Gasteiger charge is -2.07. The quantitative estimate of drug-likeness (QED) is 0.445. The molecule has 0 saturated carbocycles. The average molecular weight is 235 g/mol. The molecule has 17 heavy (non-hydrogen) atoms. The molecule has 0 heterocycles. The van der Waals surface area contributed by atoms with E-state index in [2.05, 4.69) is 6.92 Å². The van der Waals surface area contributed by atoms with Gasteiger partial charge in [0.05, 0.1) is 13.2 Å². The monoisotopic (exact) mass is 235 g/mol. The second-order valence-corrected chi connectivity index (χ2v) is 3.84. The van der Waals surface area contributed by atoms with Crippen molar-refractivity contribution in [3.05, 3.63) is 29.8 Å². The first-order chi connectivity index (χ1) is 8.27. The molecule has 0 aliphatic rings. The van der Waals surface area contributed by atoms with Crippen LogP contribution in [-0.2, 0) is 4.74 Å². The first-order valence-electron chi connectivity index (χ1n) is 6.22. The molecule has 0 unspecified atom stereocenters. The third kappa shape index (κ3) is 4.89. The molecule has 0 aliphatic heterocycles. The fourth-order valence-electron chi connectivity index (χ4n) is 1.47. The van der Waals surface area contributed by atoms with E-state index in [1.807, 2.05) is 31.2 Å². The molecule has 0 radical (unpaired) electrons. The molecule has 0 bridgehead atoms. The minimum absolute atomic E-state index is 0.213. The number of ether oxygens (including phenoxy) is 2. The lowest BCUT2D eigenvalue weighted by molar-refractivity contribution is 0.306. The topological polar surface area (TPSA) is 42.3 Å². The fourth-order valence-corrected chi connectivity index (χ4v) is 1.47. The van der Waals surface area contributed by atoms with Gasteiger partial charge in [-0.2, -0.15) is 0 Å². The summed E-state index contributed by atoms with van der Waals surface area (Å²) in [5.41, 5.74) is 0.785. The molecule has 0 amide bonds. The normalized spacial score (nSPS) is 10.0. The predicted octanol–water partition coefficient (Wildman–Crippen LogP) is 3.62. The largest absolute Gasteiger partial charge is 0.494 e. The Kier molecular flexibility index (Phi) is 6.15. The molecule has 0 aliphatic carbocycles. The molecule has 1 rings (SSSR count). The molecule has 0 fully saturated rings. The predicted molar refractivity (Wildman–Crippen MR) is 69.9 cm³/mol. The van der Waals surface area contributed by atoms with Crippen molar-refractivity contribution >= 4 is 5.90 Å². The van der Waals surface area contributed by atoms with Gasteiger partial charge in [0, 0.05) is 5.56 Å². The molecule has 0 spiro atoms. The van der Waals surface area contributed by atoms with Gasteiger partial charge in [0.25, 0.3) is 0 Å². The number of hydrogen-bond donors (Lipinski definition) is 1. The van der Waals surface area contributed by atoms with Gasteiger partial charge in [-0.15, -0.1) is 0 Å². The molecule has 1 aromatic rings. The van der Waals surface area contributed by atoms with Crippen molar-refractivity contribution in [3.63, 3.8) is 0 Å². The summed E-state index contributed by atoms with van der Waals surface area (Å²) in [4.78, 5) is 0. The molecule has 1 N–H and O–H groups in total. The summed E-state index contributed by atoms with van der Waals surface area (Å²) in [7, 11) is 0. The van der Waals surface area contributed by atoms with E-state index in [4.69, 9.17) is 14.9 Å². The van der Waals surface area contributed by atoms with E-state index in [0.29, 0.717) is 6.61 Å². The van der Waals surface area contributed by atoms with Gasteiger partial charge in [-0.25, -0.2) is 0 Å². The molecule has 0 saturated heterocycles. The van der Waals surface area contributed by atoms with E-state index in [1.165, 1.54) is 12.8 Å². The van der Waals surface area contributed by atoms with Crippen LogP contribution >= 0.6 is 0 Å². The molecule has 3 heteroatoms. The van der Waals surface area contributed by atoms with Gasteiger partial charge in [-0.3, -0.25) is 5.41 Å². The van der Waals surface area contributed by atoms with Gasteiger partial charge >= 0.3 is 0 Å².